The molecule has 7 heteroatoms. The third kappa shape index (κ3) is 4.83. The first-order valence-corrected chi connectivity index (χ1v) is 9.87. The number of rotatable bonds is 8. The van der Waals surface area contributed by atoms with E-state index in [0.717, 1.165) is 11.3 Å². The molecule has 0 saturated heterocycles. The monoisotopic (exact) mass is 376 g/mol. The Balaban J connectivity index is 1.99. The molecule has 0 aliphatic carbocycles. The summed E-state index contributed by atoms with van der Waals surface area (Å²) < 4.78 is 32.1. The van der Waals surface area contributed by atoms with Crippen LogP contribution in [0.1, 0.15) is 18.9 Å². The van der Waals surface area contributed by atoms with E-state index in [1.807, 2.05) is 38.1 Å². The van der Waals surface area contributed by atoms with E-state index < -0.39 is 10.0 Å². The summed E-state index contributed by atoms with van der Waals surface area (Å²) in [5.41, 5.74) is 1.85. The number of anilines is 1. The lowest BCUT2D eigenvalue weighted by Gasteiger charge is -2.23. The number of carbonyl (C=O) groups is 1. The molecule has 2 aromatic rings. The second kappa shape index (κ2) is 8.82. The molecule has 0 bridgehead atoms. The van der Waals surface area contributed by atoms with Gasteiger partial charge in [-0.05, 0) is 49.7 Å². The van der Waals surface area contributed by atoms with Crippen molar-refractivity contribution in [2.24, 2.45) is 0 Å². The quantitative estimate of drug-likeness (QED) is 0.769. The minimum Gasteiger partial charge on any atom is -0.497 e. The first-order valence-electron chi connectivity index (χ1n) is 8.38. The van der Waals surface area contributed by atoms with Gasteiger partial charge < -0.3 is 9.64 Å². The van der Waals surface area contributed by atoms with Crippen LogP contribution in [0.25, 0.3) is 0 Å². The molecule has 0 aliphatic heterocycles. The van der Waals surface area contributed by atoms with Gasteiger partial charge in [0.1, 0.15) is 5.75 Å². The van der Waals surface area contributed by atoms with Crippen LogP contribution in [0.4, 0.5) is 5.69 Å². The second-order valence-electron chi connectivity index (χ2n) is 5.75. The van der Waals surface area contributed by atoms with Crippen molar-refractivity contribution >= 4 is 21.6 Å². The largest absolute Gasteiger partial charge is 0.497 e. The number of methoxy groups -OCH3 is 1. The Bertz CT molecular complexity index is 848. The molecule has 0 fully saturated rings. The number of ether oxygens (including phenoxy) is 1. The Hall–Kier alpha value is -2.38. The van der Waals surface area contributed by atoms with Gasteiger partial charge in [-0.1, -0.05) is 18.2 Å². The fourth-order valence-corrected chi connectivity index (χ4v) is 3.64. The number of carbonyl (C=O) groups excluding carboxylic acids is 1. The maximum Gasteiger partial charge on any atom is 0.240 e. The SMILES string of the molecule is CCN(C(=O)CCNS(=O)(=O)c1ccc(OC)cc1)c1ccccc1C. The average molecular weight is 376 g/mol. The van der Waals surface area contributed by atoms with Crippen LogP contribution in [0.2, 0.25) is 0 Å². The van der Waals surface area contributed by atoms with Crippen LogP contribution in [-0.2, 0) is 14.8 Å². The molecule has 2 rings (SSSR count). The summed E-state index contributed by atoms with van der Waals surface area (Å²) in [5.74, 6) is 0.454. The number of hydrogen-bond acceptors (Lipinski definition) is 4. The van der Waals surface area contributed by atoms with Crippen molar-refractivity contribution in [1.29, 1.82) is 0 Å². The number of sulfonamides is 1. The molecule has 0 radical (unpaired) electrons. The maximum atomic E-state index is 12.5. The minimum atomic E-state index is -3.66. The summed E-state index contributed by atoms with van der Waals surface area (Å²) in [6.45, 7) is 4.40. The molecule has 140 valence electrons. The molecule has 0 aromatic heterocycles. The number of amides is 1. The van der Waals surface area contributed by atoms with Gasteiger partial charge >= 0.3 is 0 Å². The van der Waals surface area contributed by atoms with E-state index in [-0.39, 0.29) is 23.8 Å². The highest BCUT2D eigenvalue weighted by atomic mass is 32.2. The Labute approximate surface area is 154 Å². The summed E-state index contributed by atoms with van der Waals surface area (Å²) in [4.78, 5) is 14.3. The number of aryl methyl sites for hydroxylation is 1. The molecule has 2 aromatic carbocycles. The lowest BCUT2D eigenvalue weighted by atomic mass is 10.1. The molecule has 0 heterocycles. The fourth-order valence-electron chi connectivity index (χ4n) is 2.61. The highest BCUT2D eigenvalue weighted by molar-refractivity contribution is 7.89. The summed E-state index contributed by atoms with van der Waals surface area (Å²) in [5, 5.41) is 0. The molecule has 26 heavy (non-hydrogen) atoms. The molecule has 1 N–H and O–H groups in total. The van der Waals surface area contributed by atoms with Crippen LogP contribution in [0.15, 0.2) is 53.4 Å². The van der Waals surface area contributed by atoms with Gasteiger partial charge in [-0.2, -0.15) is 0 Å². The van der Waals surface area contributed by atoms with Gasteiger partial charge in [0.25, 0.3) is 0 Å². The van der Waals surface area contributed by atoms with Gasteiger partial charge in [0, 0.05) is 25.2 Å². The van der Waals surface area contributed by atoms with E-state index in [2.05, 4.69) is 4.72 Å². The summed E-state index contributed by atoms with van der Waals surface area (Å²) >= 11 is 0. The number of para-hydroxylation sites is 1. The van der Waals surface area contributed by atoms with Crippen LogP contribution >= 0.6 is 0 Å². The van der Waals surface area contributed by atoms with Gasteiger partial charge in [0.2, 0.25) is 15.9 Å². The maximum absolute atomic E-state index is 12.5. The van der Waals surface area contributed by atoms with Crippen LogP contribution in [0.3, 0.4) is 0 Å². The van der Waals surface area contributed by atoms with Gasteiger partial charge in [0.15, 0.2) is 0 Å². The molecular weight excluding hydrogens is 352 g/mol. The Morgan fingerprint density at radius 2 is 1.77 bits per heavy atom. The molecular formula is C19H24N2O4S. The summed E-state index contributed by atoms with van der Waals surface area (Å²) in [6.07, 6.45) is 0.0809. The fraction of sp³-hybridized carbons (Fsp3) is 0.316. The van der Waals surface area contributed by atoms with Crippen molar-refractivity contribution in [2.75, 3.05) is 25.1 Å². The topological polar surface area (TPSA) is 75.7 Å². The molecule has 0 unspecified atom stereocenters. The lowest BCUT2D eigenvalue weighted by molar-refractivity contribution is -0.118. The van der Waals surface area contributed by atoms with E-state index in [0.29, 0.717) is 12.3 Å². The number of benzene rings is 2. The van der Waals surface area contributed by atoms with Crippen molar-refractivity contribution in [3.05, 3.63) is 54.1 Å². The van der Waals surface area contributed by atoms with Gasteiger partial charge in [0.05, 0.1) is 12.0 Å². The standard InChI is InChI=1S/C19H24N2O4S/c1-4-21(18-8-6-5-7-15(18)2)19(22)13-14-20-26(23,24)17-11-9-16(25-3)10-12-17/h5-12,20H,4,13-14H2,1-3H3. The highest BCUT2D eigenvalue weighted by Crippen LogP contribution is 2.20. The zero-order valence-corrected chi connectivity index (χ0v) is 16.0. The smallest absolute Gasteiger partial charge is 0.240 e. The van der Waals surface area contributed by atoms with E-state index in [9.17, 15) is 13.2 Å². The summed E-state index contributed by atoms with van der Waals surface area (Å²) in [7, 11) is -2.15. The first-order chi connectivity index (χ1) is 12.4. The zero-order chi connectivity index (χ0) is 19.2. The third-order valence-corrected chi connectivity index (χ3v) is 5.50. The Morgan fingerprint density at radius 3 is 2.35 bits per heavy atom. The third-order valence-electron chi connectivity index (χ3n) is 4.02. The predicted molar refractivity (Wildman–Crippen MR) is 102 cm³/mol. The van der Waals surface area contributed by atoms with E-state index in [4.69, 9.17) is 4.74 Å². The van der Waals surface area contributed by atoms with E-state index >= 15 is 0 Å². The minimum absolute atomic E-state index is 0.0373. The molecule has 0 spiro atoms. The van der Waals surface area contributed by atoms with Crippen molar-refractivity contribution < 1.29 is 17.9 Å². The second-order valence-corrected chi connectivity index (χ2v) is 7.51. The molecule has 0 saturated carbocycles. The first kappa shape index (κ1) is 19.9. The van der Waals surface area contributed by atoms with Crippen molar-refractivity contribution in [3.8, 4) is 5.75 Å². The van der Waals surface area contributed by atoms with Gasteiger partial charge in [-0.25, -0.2) is 13.1 Å². The van der Waals surface area contributed by atoms with E-state index in [1.165, 1.54) is 19.2 Å². The molecule has 6 nitrogen and oxygen atoms in total. The van der Waals surface area contributed by atoms with Crippen LogP contribution < -0.4 is 14.4 Å². The van der Waals surface area contributed by atoms with Crippen molar-refractivity contribution in [3.63, 3.8) is 0 Å². The van der Waals surface area contributed by atoms with E-state index in [1.54, 1.807) is 17.0 Å². The lowest BCUT2D eigenvalue weighted by Crippen LogP contribution is -2.34. The highest BCUT2D eigenvalue weighted by Gasteiger charge is 2.18. The Morgan fingerprint density at radius 1 is 1.12 bits per heavy atom. The van der Waals surface area contributed by atoms with Crippen LogP contribution in [0.5, 0.6) is 5.75 Å². The van der Waals surface area contributed by atoms with Gasteiger partial charge in [-0.3, -0.25) is 4.79 Å². The zero-order valence-electron chi connectivity index (χ0n) is 15.2. The number of hydrogen-bond donors (Lipinski definition) is 1. The molecule has 0 aliphatic rings. The molecule has 0 atom stereocenters. The average Bonchev–Trinajstić information content (AvgIpc) is 2.64. The van der Waals surface area contributed by atoms with Crippen LogP contribution in [-0.4, -0.2) is 34.5 Å². The Kier molecular flexibility index (Phi) is 6.76. The van der Waals surface area contributed by atoms with Crippen LogP contribution in [0, 0.1) is 6.92 Å². The molecule has 1 amide bonds. The van der Waals surface area contributed by atoms with Crippen molar-refractivity contribution in [2.45, 2.75) is 25.2 Å². The van der Waals surface area contributed by atoms with Crippen molar-refractivity contribution in [1.82, 2.24) is 4.72 Å². The van der Waals surface area contributed by atoms with Gasteiger partial charge in [-0.15, -0.1) is 0 Å². The predicted octanol–water partition coefficient (Wildman–Crippen LogP) is 2.73. The summed E-state index contributed by atoms with van der Waals surface area (Å²) in [6, 6.07) is 13.7. The number of nitrogens with one attached hydrogen (secondary N) is 1. The number of nitrogens with zero attached hydrogens (tertiary/aromatic N) is 1. The normalized spacial score (nSPS) is 11.2.